The maximum absolute atomic E-state index is 13.8. The molecule has 0 saturated heterocycles. The Hall–Kier alpha value is -2.09. The molecule has 1 atom stereocenters. The number of amides is 1. The number of carbonyl (C=O) groups excluding carboxylic acids is 2. The van der Waals surface area contributed by atoms with Gasteiger partial charge < -0.3 is 19.7 Å². The van der Waals surface area contributed by atoms with Gasteiger partial charge in [-0.25, -0.2) is 9.18 Å². The zero-order valence-electron chi connectivity index (χ0n) is 13.1. The summed E-state index contributed by atoms with van der Waals surface area (Å²) < 4.78 is 24.0. The van der Waals surface area contributed by atoms with E-state index >= 15 is 0 Å². The molecule has 6 nitrogen and oxygen atoms in total. The third-order valence-corrected chi connectivity index (χ3v) is 3.47. The van der Waals surface area contributed by atoms with Gasteiger partial charge in [0.1, 0.15) is 17.1 Å². The van der Waals surface area contributed by atoms with E-state index in [0.29, 0.717) is 18.4 Å². The molecule has 1 amide bonds. The molecule has 2 rings (SSSR count). The fourth-order valence-corrected chi connectivity index (χ4v) is 2.47. The summed E-state index contributed by atoms with van der Waals surface area (Å²) in [4.78, 5) is 23.6. The molecule has 0 radical (unpaired) electrons. The van der Waals surface area contributed by atoms with Crippen LogP contribution in [0.3, 0.4) is 0 Å². The highest BCUT2D eigenvalue weighted by Crippen LogP contribution is 2.31. The second-order valence-corrected chi connectivity index (χ2v) is 5.30. The van der Waals surface area contributed by atoms with E-state index in [1.807, 2.05) is 6.92 Å². The van der Waals surface area contributed by atoms with Crippen molar-refractivity contribution in [3.8, 4) is 5.75 Å². The molecule has 23 heavy (non-hydrogen) atoms. The highest BCUT2D eigenvalue weighted by atomic mass is 19.1. The fourth-order valence-electron chi connectivity index (χ4n) is 2.47. The lowest BCUT2D eigenvalue weighted by Crippen LogP contribution is -2.53. The number of fused-ring (bicyclic) bond motifs is 1. The summed E-state index contributed by atoms with van der Waals surface area (Å²) >= 11 is 0. The smallest absolute Gasteiger partial charge is 0.534 e. The number of hydrogen-bond donors (Lipinski definition) is 2. The van der Waals surface area contributed by atoms with Gasteiger partial charge >= 0.3 is 13.1 Å². The lowest BCUT2D eigenvalue weighted by atomic mass is 9.72. The summed E-state index contributed by atoms with van der Waals surface area (Å²) in [6, 6.07) is 2.24. The van der Waals surface area contributed by atoms with Crippen molar-refractivity contribution < 1.29 is 28.4 Å². The minimum atomic E-state index is -1.32. The molecule has 0 fully saturated rings. The zero-order valence-corrected chi connectivity index (χ0v) is 13.1. The molecule has 1 aliphatic rings. The van der Waals surface area contributed by atoms with Gasteiger partial charge in [-0.15, -0.1) is 0 Å². The van der Waals surface area contributed by atoms with Crippen molar-refractivity contribution in [1.82, 2.24) is 5.32 Å². The van der Waals surface area contributed by atoms with E-state index in [0.717, 1.165) is 6.07 Å². The number of rotatable bonds is 5. The Morgan fingerprint density at radius 1 is 1.48 bits per heavy atom. The van der Waals surface area contributed by atoms with Crippen LogP contribution < -0.4 is 9.97 Å². The van der Waals surface area contributed by atoms with Crippen LogP contribution in [0.15, 0.2) is 12.1 Å². The monoisotopic (exact) mass is 323 g/mol. The van der Waals surface area contributed by atoms with Gasteiger partial charge in [0.05, 0.1) is 12.5 Å². The van der Waals surface area contributed by atoms with Crippen molar-refractivity contribution in [3.63, 3.8) is 0 Å². The molecule has 0 aromatic heterocycles. The van der Waals surface area contributed by atoms with Crippen LogP contribution in [0.2, 0.25) is 0 Å². The van der Waals surface area contributed by atoms with Gasteiger partial charge in [0.15, 0.2) is 0 Å². The second kappa shape index (κ2) is 7.46. The number of carbonyl (C=O) groups is 2. The van der Waals surface area contributed by atoms with Crippen molar-refractivity contribution in [1.29, 1.82) is 0 Å². The zero-order chi connectivity index (χ0) is 17.0. The second-order valence-electron chi connectivity index (χ2n) is 5.30. The lowest BCUT2D eigenvalue weighted by Gasteiger charge is -2.29. The van der Waals surface area contributed by atoms with E-state index in [1.54, 1.807) is 6.92 Å². The molecular formula is C15H19BFNO5. The highest BCUT2D eigenvalue weighted by molar-refractivity contribution is 6.47. The van der Waals surface area contributed by atoms with Crippen LogP contribution in [0.1, 0.15) is 42.6 Å². The van der Waals surface area contributed by atoms with Gasteiger partial charge in [0.25, 0.3) is 0 Å². The molecular weight excluding hydrogens is 304 g/mol. The summed E-state index contributed by atoms with van der Waals surface area (Å²) in [6.07, 6.45) is 1.16. The fraction of sp³-hybridized carbons (Fsp3) is 0.467. The summed E-state index contributed by atoms with van der Waals surface area (Å²) in [5.41, 5.74) is 0.333. The standard InChI is InChI=1S/C15H19BFNO5/c1-3-5-13(19)18-12-7-9-6-10(17)8-11(15(20)22-4-2)14(9)23-16(12)21/h6,8,12,21H,3-5,7H2,1-2H3,(H,18,19). The molecule has 8 heteroatoms. The molecule has 0 bridgehead atoms. The maximum Gasteiger partial charge on any atom is 0.547 e. The van der Waals surface area contributed by atoms with Crippen molar-refractivity contribution in [2.45, 2.75) is 39.1 Å². The minimum absolute atomic E-state index is 0.0702. The SMILES string of the molecule is CCCC(=O)NC1Cc2cc(F)cc(C(=O)OCC)c2OB1O. The molecule has 0 saturated carbocycles. The van der Waals surface area contributed by atoms with Gasteiger partial charge in [0, 0.05) is 6.42 Å². The van der Waals surface area contributed by atoms with Gasteiger partial charge in [-0.2, -0.15) is 0 Å². The quantitative estimate of drug-likeness (QED) is 0.629. The predicted molar refractivity (Wildman–Crippen MR) is 81.5 cm³/mol. The van der Waals surface area contributed by atoms with Crippen LogP contribution in [0.4, 0.5) is 4.39 Å². The molecule has 124 valence electrons. The van der Waals surface area contributed by atoms with E-state index in [2.05, 4.69) is 5.32 Å². The average molecular weight is 323 g/mol. The van der Waals surface area contributed by atoms with Crippen molar-refractivity contribution in [3.05, 3.63) is 29.1 Å². The molecule has 2 N–H and O–H groups in total. The van der Waals surface area contributed by atoms with Crippen LogP contribution in [0.5, 0.6) is 5.75 Å². The first-order valence-electron chi connectivity index (χ1n) is 7.59. The number of halogens is 1. The normalized spacial score (nSPS) is 16.3. The number of benzene rings is 1. The Morgan fingerprint density at radius 2 is 2.22 bits per heavy atom. The summed E-state index contributed by atoms with van der Waals surface area (Å²) in [7, 11) is -1.32. The topological polar surface area (TPSA) is 84.9 Å². The third-order valence-electron chi connectivity index (χ3n) is 3.47. The van der Waals surface area contributed by atoms with E-state index in [4.69, 9.17) is 9.39 Å². The van der Waals surface area contributed by atoms with Gasteiger partial charge in [0.2, 0.25) is 5.91 Å². The summed E-state index contributed by atoms with van der Waals surface area (Å²) in [6.45, 7) is 3.64. The molecule has 1 aliphatic heterocycles. The van der Waals surface area contributed by atoms with Crippen LogP contribution >= 0.6 is 0 Å². The van der Waals surface area contributed by atoms with Gasteiger partial charge in [-0.1, -0.05) is 6.92 Å². The first kappa shape index (κ1) is 17.3. The van der Waals surface area contributed by atoms with Crippen LogP contribution in [-0.4, -0.2) is 36.6 Å². The van der Waals surface area contributed by atoms with Gasteiger partial charge in [-0.05, 0) is 37.5 Å². The Kier molecular flexibility index (Phi) is 5.60. The Bertz CT molecular complexity index is 610. The number of ether oxygens (including phenoxy) is 1. The van der Waals surface area contributed by atoms with E-state index < -0.39 is 24.8 Å². The number of esters is 1. The van der Waals surface area contributed by atoms with Crippen LogP contribution in [0, 0.1) is 5.82 Å². The molecule has 1 unspecified atom stereocenters. The Labute approximate surface area is 134 Å². The summed E-state index contributed by atoms with van der Waals surface area (Å²) in [5.74, 6) is -2.14. The van der Waals surface area contributed by atoms with Crippen molar-refractivity contribution in [2.24, 2.45) is 0 Å². The van der Waals surface area contributed by atoms with E-state index in [-0.39, 0.29) is 30.2 Å². The lowest BCUT2D eigenvalue weighted by molar-refractivity contribution is -0.121. The molecule has 1 aromatic rings. The third kappa shape index (κ3) is 4.01. The van der Waals surface area contributed by atoms with E-state index in [9.17, 15) is 19.0 Å². The maximum atomic E-state index is 13.8. The van der Waals surface area contributed by atoms with Crippen molar-refractivity contribution >= 4 is 19.0 Å². The first-order valence-corrected chi connectivity index (χ1v) is 7.59. The predicted octanol–water partition coefficient (Wildman–Crippen LogP) is 1.24. The molecule has 1 heterocycles. The summed E-state index contributed by atoms with van der Waals surface area (Å²) in [5, 5.41) is 12.7. The molecule has 0 spiro atoms. The first-order chi connectivity index (χ1) is 11.0. The molecule has 1 aromatic carbocycles. The Morgan fingerprint density at radius 3 is 2.87 bits per heavy atom. The number of nitrogens with one attached hydrogen (secondary N) is 1. The van der Waals surface area contributed by atoms with Gasteiger partial charge in [-0.3, -0.25) is 4.79 Å². The minimum Gasteiger partial charge on any atom is -0.534 e. The molecule has 0 aliphatic carbocycles. The Balaban J connectivity index is 2.26. The number of hydrogen-bond acceptors (Lipinski definition) is 5. The van der Waals surface area contributed by atoms with Crippen LogP contribution in [-0.2, 0) is 16.0 Å². The van der Waals surface area contributed by atoms with E-state index in [1.165, 1.54) is 6.07 Å². The highest BCUT2D eigenvalue weighted by Gasteiger charge is 2.38. The largest absolute Gasteiger partial charge is 0.547 e. The van der Waals surface area contributed by atoms with Crippen molar-refractivity contribution in [2.75, 3.05) is 6.61 Å². The van der Waals surface area contributed by atoms with Crippen LogP contribution in [0.25, 0.3) is 0 Å². The average Bonchev–Trinajstić information content (AvgIpc) is 2.48.